The summed E-state index contributed by atoms with van der Waals surface area (Å²) in [5.74, 6) is -0.406. The molecule has 1 aromatic rings. The predicted octanol–water partition coefficient (Wildman–Crippen LogP) is 1.63. The number of nitrogens with one attached hydrogen (secondary N) is 1. The lowest BCUT2D eigenvalue weighted by atomic mass is 10.1. The van der Waals surface area contributed by atoms with Crippen molar-refractivity contribution >= 4 is 23.2 Å². The Morgan fingerprint density at radius 1 is 1.61 bits per heavy atom. The number of benzene rings is 1. The van der Waals surface area contributed by atoms with Gasteiger partial charge in [-0.15, -0.1) is 0 Å². The molecule has 0 bridgehead atoms. The van der Waals surface area contributed by atoms with Crippen LogP contribution in [0.2, 0.25) is 5.02 Å². The van der Waals surface area contributed by atoms with Crippen molar-refractivity contribution < 1.29 is 4.79 Å². The van der Waals surface area contributed by atoms with Crippen molar-refractivity contribution in [1.29, 1.82) is 0 Å². The summed E-state index contributed by atoms with van der Waals surface area (Å²) >= 11 is 6.03. The van der Waals surface area contributed by atoms with Gasteiger partial charge in [-0.05, 0) is 38.1 Å². The van der Waals surface area contributed by atoms with E-state index in [4.69, 9.17) is 17.3 Å². The lowest BCUT2D eigenvalue weighted by Crippen LogP contribution is -2.37. The monoisotopic (exact) mass is 267 g/mol. The van der Waals surface area contributed by atoms with Gasteiger partial charge in [0.15, 0.2) is 0 Å². The van der Waals surface area contributed by atoms with Crippen LogP contribution >= 0.6 is 11.6 Å². The minimum absolute atomic E-state index is 0.395. The second-order valence-corrected chi connectivity index (χ2v) is 5.01. The Morgan fingerprint density at radius 3 is 3.06 bits per heavy atom. The van der Waals surface area contributed by atoms with Crippen LogP contribution in [0.3, 0.4) is 0 Å². The van der Waals surface area contributed by atoms with Crippen LogP contribution in [-0.4, -0.2) is 32.1 Å². The fraction of sp³-hybridized carbons (Fsp3) is 0.462. The van der Waals surface area contributed by atoms with Gasteiger partial charge in [0, 0.05) is 24.2 Å². The maximum absolute atomic E-state index is 11.5. The molecule has 1 fully saturated rings. The molecule has 1 saturated heterocycles. The minimum Gasteiger partial charge on any atom is -0.367 e. The van der Waals surface area contributed by atoms with Crippen LogP contribution in [-0.2, 0) is 0 Å². The van der Waals surface area contributed by atoms with Gasteiger partial charge in [0.1, 0.15) is 0 Å². The molecule has 0 aliphatic carbocycles. The number of carbonyl (C=O) groups excluding carboxylic acids is 1. The number of nitrogens with zero attached hydrogens (tertiary/aromatic N) is 1. The molecule has 1 amide bonds. The molecular formula is C13H18ClN3O. The number of primary amides is 1. The van der Waals surface area contributed by atoms with E-state index in [2.05, 4.69) is 10.2 Å². The van der Waals surface area contributed by atoms with Gasteiger partial charge in [-0.2, -0.15) is 0 Å². The highest BCUT2D eigenvalue weighted by molar-refractivity contribution is 6.31. The molecule has 18 heavy (non-hydrogen) atoms. The highest BCUT2D eigenvalue weighted by atomic mass is 35.5. The molecule has 2 rings (SSSR count). The Morgan fingerprint density at radius 2 is 2.39 bits per heavy atom. The summed E-state index contributed by atoms with van der Waals surface area (Å²) in [5, 5.41) is 3.81. The standard InChI is InChI=1S/C13H18ClN3O/c1-16-8-10-3-2-6-17(10)12-7-9(14)4-5-11(12)13(15)18/h4-5,7,10,16H,2-3,6,8H2,1H3,(H2,15,18). The van der Waals surface area contributed by atoms with Crippen molar-refractivity contribution in [3.63, 3.8) is 0 Å². The number of hydrogen-bond donors (Lipinski definition) is 2. The highest BCUT2D eigenvalue weighted by Crippen LogP contribution is 2.30. The van der Waals surface area contributed by atoms with Crippen LogP contribution in [0.15, 0.2) is 18.2 Å². The van der Waals surface area contributed by atoms with Gasteiger partial charge >= 0.3 is 0 Å². The summed E-state index contributed by atoms with van der Waals surface area (Å²) in [6, 6.07) is 5.63. The van der Waals surface area contributed by atoms with Gasteiger partial charge in [-0.3, -0.25) is 4.79 Å². The van der Waals surface area contributed by atoms with E-state index < -0.39 is 5.91 Å². The summed E-state index contributed by atoms with van der Waals surface area (Å²) in [7, 11) is 1.93. The fourth-order valence-corrected chi connectivity index (χ4v) is 2.72. The molecule has 4 nitrogen and oxygen atoms in total. The molecular weight excluding hydrogens is 250 g/mol. The van der Waals surface area contributed by atoms with Crippen molar-refractivity contribution in [3.05, 3.63) is 28.8 Å². The van der Waals surface area contributed by atoms with Crippen molar-refractivity contribution in [2.75, 3.05) is 25.0 Å². The van der Waals surface area contributed by atoms with Crippen molar-refractivity contribution in [2.45, 2.75) is 18.9 Å². The Balaban J connectivity index is 2.36. The van der Waals surface area contributed by atoms with Gasteiger partial charge in [0.05, 0.1) is 11.3 Å². The number of likely N-dealkylation sites (N-methyl/N-ethyl adjacent to an activating group) is 1. The first-order valence-corrected chi connectivity index (χ1v) is 6.52. The SMILES string of the molecule is CNCC1CCCN1c1cc(Cl)ccc1C(N)=O. The number of halogens is 1. The number of nitrogens with two attached hydrogens (primary N) is 1. The molecule has 1 aliphatic heterocycles. The van der Waals surface area contributed by atoms with E-state index in [0.717, 1.165) is 31.6 Å². The first-order valence-electron chi connectivity index (χ1n) is 6.14. The van der Waals surface area contributed by atoms with Gasteiger partial charge in [0.2, 0.25) is 0 Å². The van der Waals surface area contributed by atoms with E-state index in [0.29, 0.717) is 16.6 Å². The summed E-state index contributed by atoms with van der Waals surface area (Å²) in [6.45, 7) is 1.83. The molecule has 0 spiro atoms. The molecule has 1 atom stereocenters. The molecule has 0 saturated carbocycles. The maximum Gasteiger partial charge on any atom is 0.250 e. The molecule has 1 aromatic carbocycles. The summed E-state index contributed by atoms with van der Waals surface area (Å²) in [6.07, 6.45) is 2.24. The smallest absolute Gasteiger partial charge is 0.250 e. The highest BCUT2D eigenvalue weighted by Gasteiger charge is 2.26. The predicted molar refractivity (Wildman–Crippen MR) is 74.3 cm³/mol. The van der Waals surface area contributed by atoms with Gasteiger partial charge in [-0.25, -0.2) is 0 Å². The van der Waals surface area contributed by atoms with Crippen LogP contribution in [0.4, 0.5) is 5.69 Å². The number of amides is 1. The molecule has 1 aliphatic rings. The number of rotatable bonds is 4. The maximum atomic E-state index is 11.5. The molecule has 5 heteroatoms. The van der Waals surface area contributed by atoms with E-state index in [1.54, 1.807) is 12.1 Å². The second-order valence-electron chi connectivity index (χ2n) is 4.57. The Hall–Kier alpha value is -1.26. The first kappa shape index (κ1) is 13.2. The van der Waals surface area contributed by atoms with Crippen molar-refractivity contribution in [2.24, 2.45) is 5.73 Å². The van der Waals surface area contributed by atoms with E-state index in [1.165, 1.54) is 0 Å². The zero-order valence-corrected chi connectivity index (χ0v) is 11.2. The Labute approximate surface area is 112 Å². The second kappa shape index (κ2) is 5.59. The summed E-state index contributed by atoms with van der Waals surface area (Å²) in [5.41, 5.74) is 6.83. The molecule has 0 radical (unpaired) electrons. The zero-order chi connectivity index (χ0) is 13.1. The first-order chi connectivity index (χ1) is 8.63. The average Bonchev–Trinajstić information content (AvgIpc) is 2.77. The number of carbonyl (C=O) groups is 1. The summed E-state index contributed by atoms with van der Waals surface area (Å²) in [4.78, 5) is 13.7. The van der Waals surface area contributed by atoms with Crippen LogP contribution in [0, 0.1) is 0 Å². The zero-order valence-electron chi connectivity index (χ0n) is 10.4. The van der Waals surface area contributed by atoms with E-state index in [9.17, 15) is 4.79 Å². The summed E-state index contributed by atoms with van der Waals surface area (Å²) < 4.78 is 0. The van der Waals surface area contributed by atoms with E-state index >= 15 is 0 Å². The van der Waals surface area contributed by atoms with E-state index in [-0.39, 0.29) is 0 Å². The van der Waals surface area contributed by atoms with Crippen LogP contribution in [0.5, 0.6) is 0 Å². The normalized spacial score (nSPS) is 19.2. The molecule has 3 N–H and O–H groups in total. The van der Waals surface area contributed by atoms with Crippen LogP contribution in [0.1, 0.15) is 23.2 Å². The van der Waals surface area contributed by atoms with Crippen LogP contribution < -0.4 is 16.0 Å². The lowest BCUT2D eigenvalue weighted by Gasteiger charge is -2.28. The third kappa shape index (κ3) is 2.60. The fourth-order valence-electron chi connectivity index (χ4n) is 2.55. The van der Waals surface area contributed by atoms with E-state index in [1.807, 2.05) is 13.1 Å². The quantitative estimate of drug-likeness (QED) is 0.872. The molecule has 1 unspecified atom stereocenters. The number of hydrogen-bond acceptors (Lipinski definition) is 3. The van der Waals surface area contributed by atoms with Crippen LogP contribution in [0.25, 0.3) is 0 Å². The third-order valence-electron chi connectivity index (χ3n) is 3.35. The average molecular weight is 268 g/mol. The van der Waals surface area contributed by atoms with Crippen molar-refractivity contribution in [1.82, 2.24) is 5.32 Å². The Kier molecular flexibility index (Phi) is 4.09. The van der Waals surface area contributed by atoms with Crippen molar-refractivity contribution in [3.8, 4) is 0 Å². The minimum atomic E-state index is -0.406. The number of anilines is 1. The molecule has 98 valence electrons. The van der Waals surface area contributed by atoms with Gasteiger partial charge in [0.25, 0.3) is 5.91 Å². The van der Waals surface area contributed by atoms with Gasteiger partial charge in [-0.1, -0.05) is 11.6 Å². The molecule has 0 aromatic heterocycles. The topological polar surface area (TPSA) is 58.4 Å². The Bertz CT molecular complexity index is 450. The largest absolute Gasteiger partial charge is 0.367 e. The lowest BCUT2D eigenvalue weighted by molar-refractivity contribution is 0.100. The third-order valence-corrected chi connectivity index (χ3v) is 3.59. The van der Waals surface area contributed by atoms with Gasteiger partial charge < -0.3 is 16.0 Å². The molecule has 1 heterocycles.